The second-order valence-electron chi connectivity index (χ2n) is 4.95. The van der Waals surface area contributed by atoms with Crippen molar-refractivity contribution < 1.29 is 4.79 Å². The molecule has 2 aromatic rings. The lowest BCUT2D eigenvalue weighted by molar-refractivity contribution is -0.117. The molecule has 0 radical (unpaired) electrons. The third-order valence-electron chi connectivity index (χ3n) is 3.64. The summed E-state index contributed by atoms with van der Waals surface area (Å²) in [6.45, 7) is 3.73. The normalized spacial score (nSPS) is 17.7. The first-order valence-electron chi connectivity index (χ1n) is 6.89. The summed E-state index contributed by atoms with van der Waals surface area (Å²) in [5.74, 6) is 0.630. The Morgan fingerprint density at radius 2 is 2.38 bits per heavy atom. The average Bonchev–Trinajstić information content (AvgIpc) is 3.04. The molecule has 1 atom stereocenters. The molecule has 1 aromatic carbocycles. The Morgan fingerprint density at radius 3 is 3.05 bits per heavy atom. The highest BCUT2D eigenvalue weighted by Gasteiger charge is 2.23. The molecule has 7 heteroatoms. The molecule has 1 amide bonds. The minimum Gasteiger partial charge on any atom is -0.310 e. The highest BCUT2D eigenvalue weighted by atomic mass is 79.9. The Bertz CT molecular complexity index is 652. The average molecular weight is 374 g/mol. The quantitative estimate of drug-likeness (QED) is 0.869. The van der Waals surface area contributed by atoms with Crippen molar-refractivity contribution in [3.63, 3.8) is 0 Å². The number of anilines is 1. The van der Waals surface area contributed by atoms with E-state index in [9.17, 15) is 4.79 Å². The number of halogens is 2. The van der Waals surface area contributed by atoms with E-state index in [1.165, 1.54) is 0 Å². The second kappa shape index (κ2) is 6.77. The van der Waals surface area contributed by atoms with Gasteiger partial charge in [-0.25, -0.2) is 4.98 Å². The number of nitrogens with zero attached hydrogens (tertiary/aromatic N) is 2. The molecule has 1 saturated heterocycles. The van der Waals surface area contributed by atoms with E-state index in [1.54, 1.807) is 0 Å². The van der Waals surface area contributed by atoms with Gasteiger partial charge >= 0.3 is 0 Å². The monoisotopic (exact) mass is 372 g/mol. The minimum atomic E-state index is -0.0909. The van der Waals surface area contributed by atoms with E-state index < -0.39 is 0 Å². The van der Waals surface area contributed by atoms with Crippen LogP contribution in [-0.2, 0) is 11.3 Å². The summed E-state index contributed by atoms with van der Waals surface area (Å²) in [6, 6.07) is 5.87. The molecule has 0 saturated carbocycles. The third kappa shape index (κ3) is 3.22. The highest BCUT2D eigenvalue weighted by molar-refractivity contribution is 9.10. The molecule has 1 aromatic heterocycles. The zero-order chi connectivity index (χ0) is 14.1. The number of amides is 1. The largest absolute Gasteiger partial charge is 0.310 e. The molecule has 1 aliphatic heterocycles. The standard InChI is InChI=1S/C14H17BrN4O.ClH/c1-2-19-12-6-5-9(15)8-11(12)17-14(19)18-13(20)10-4-3-7-16-10;/h5-6,8,10,16H,2-4,7H2,1H3,(H,17,18,20);1H. The molecule has 2 heterocycles. The molecule has 2 N–H and O–H groups in total. The lowest BCUT2D eigenvalue weighted by Crippen LogP contribution is -2.36. The first-order chi connectivity index (χ1) is 9.69. The first kappa shape index (κ1) is 16.3. The Hall–Kier alpha value is -1.11. The summed E-state index contributed by atoms with van der Waals surface area (Å²) < 4.78 is 3.01. The maximum Gasteiger partial charge on any atom is 0.243 e. The van der Waals surface area contributed by atoms with Gasteiger partial charge in [0, 0.05) is 11.0 Å². The van der Waals surface area contributed by atoms with E-state index in [2.05, 4.69) is 31.5 Å². The van der Waals surface area contributed by atoms with Crippen LogP contribution >= 0.6 is 28.3 Å². The van der Waals surface area contributed by atoms with Gasteiger partial charge in [-0.1, -0.05) is 15.9 Å². The Morgan fingerprint density at radius 1 is 1.57 bits per heavy atom. The van der Waals surface area contributed by atoms with E-state index in [0.717, 1.165) is 41.4 Å². The number of benzene rings is 1. The van der Waals surface area contributed by atoms with E-state index in [1.807, 2.05) is 29.7 Å². The summed E-state index contributed by atoms with van der Waals surface area (Å²) >= 11 is 3.45. The van der Waals surface area contributed by atoms with Gasteiger partial charge in [0.25, 0.3) is 0 Å². The van der Waals surface area contributed by atoms with E-state index in [-0.39, 0.29) is 24.4 Å². The summed E-state index contributed by atoms with van der Waals surface area (Å²) in [6.07, 6.45) is 1.94. The van der Waals surface area contributed by atoms with Crippen LogP contribution in [0, 0.1) is 0 Å². The van der Waals surface area contributed by atoms with Gasteiger partial charge in [-0.05, 0) is 44.5 Å². The van der Waals surface area contributed by atoms with Crippen LogP contribution in [0.15, 0.2) is 22.7 Å². The van der Waals surface area contributed by atoms with E-state index >= 15 is 0 Å². The fraction of sp³-hybridized carbons (Fsp3) is 0.429. The van der Waals surface area contributed by atoms with Crippen LogP contribution in [0.5, 0.6) is 0 Å². The molecule has 5 nitrogen and oxygen atoms in total. The van der Waals surface area contributed by atoms with Gasteiger partial charge < -0.3 is 9.88 Å². The Balaban J connectivity index is 0.00000161. The summed E-state index contributed by atoms with van der Waals surface area (Å²) in [5, 5.41) is 6.15. The Labute approximate surface area is 138 Å². The van der Waals surface area contributed by atoms with Crippen LogP contribution in [0.4, 0.5) is 5.95 Å². The minimum absolute atomic E-state index is 0. The molecule has 1 fully saturated rings. The number of hydrogen-bond donors (Lipinski definition) is 2. The summed E-state index contributed by atoms with van der Waals surface area (Å²) in [5.41, 5.74) is 1.92. The van der Waals surface area contributed by atoms with Gasteiger partial charge in [-0.3, -0.25) is 10.1 Å². The van der Waals surface area contributed by atoms with Crippen molar-refractivity contribution in [3.05, 3.63) is 22.7 Å². The number of carbonyl (C=O) groups is 1. The molecule has 0 bridgehead atoms. The zero-order valence-electron chi connectivity index (χ0n) is 11.7. The lowest BCUT2D eigenvalue weighted by Gasteiger charge is -2.11. The van der Waals surface area contributed by atoms with Crippen molar-refractivity contribution in [3.8, 4) is 0 Å². The number of fused-ring (bicyclic) bond motifs is 1. The number of rotatable bonds is 3. The number of hydrogen-bond acceptors (Lipinski definition) is 3. The fourth-order valence-electron chi connectivity index (χ4n) is 2.62. The second-order valence-corrected chi connectivity index (χ2v) is 5.87. The maximum atomic E-state index is 12.2. The van der Waals surface area contributed by atoms with E-state index in [0.29, 0.717) is 5.95 Å². The van der Waals surface area contributed by atoms with Gasteiger partial charge in [0.2, 0.25) is 11.9 Å². The lowest BCUT2D eigenvalue weighted by atomic mass is 10.2. The SMILES string of the molecule is CCn1c(NC(=O)C2CCCN2)nc2cc(Br)ccc21.Cl. The molecule has 3 rings (SSSR count). The van der Waals surface area contributed by atoms with Crippen molar-refractivity contribution in [2.24, 2.45) is 0 Å². The van der Waals surface area contributed by atoms with Crippen LogP contribution in [0.2, 0.25) is 0 Å². The van der Waals surface area contributed by atoms with Gasteiger partial charge in [0.05, 0.1) is 17.1 Å². The first-order valence-corrected chi connectivity index (χ1v) is 7.68. The molecule has 21 heavy (non-hydrogen) atoms. The summed E-state index contributed by atoms with van der Waals surface area (Å²) in [4.78, 5) is 16.7. The number of imidazole rings is 1. The van der Waals surface area contributed by atoms with Crippen molar-refractivity contribution in [2.45, 2.75) is 32.4 Å². The molecule has 114 valence electrons. The topological polar surface area (TPSA) is 59.0 Å². The molecule has 0 spiro atoms. The number of aromatic nitrogens is 2. The van der Waals surface area contributed by atoms with Crippen molar-refractivity contribution in [1.29, 1.82) is 0 Å². The molecule has 1 aliphatic rings. The third-order valence-corrected chi connectivity index (χ3v) is 4.13. The Kier molecular flexibility index (Phi) is 5.24. The predicted molar refractivity (Wildman–Crippen MR) is 90.0 cm³/mol. The van der Waals surface area contributed by atoms with Crippen molar-refractivity contribution in [1.82, 2.24) is 14.9 Å². The highest BCUT2D eigenvalue weighted by Crippen LogP contribution is 2.23. The van der Waals surface area contributed by atoms with Gasteiger partial charge in [-0.15, -0.1) is 12.4 Å². The van der Waals surface area contributed by atoms with Crippen LogP contribution in [0.25, 0.3) is 11.0 Å². The van der Waals surface area contributed by atoms with Crippen LogP contribution < -0.4 is 10.6 Å². The molecular weight excluding hydrogens is 356 g/mol. The molecule has 0 aliphatic carbocycles. The van der Waals surface area contributed by atoms with Crippen molar-refractivity contribution in [2.75, 3.05) is 11.9 Å². The van der Waals surface area contributed by atoms with Crippen molar-refractivity contribution >= 4 is 51.2 Å². The van der Waals surface area contributed by atoms with Crippen LogP contribution in [-0.4, -0.2) is 28.0 Å². The number of nitrogens with one attached hydrogen (secondary N) is 2. The van der Waals surface area contributed by atoms with Gasteiger partial charge in [-0.2, -0.15) is 0 Å². The van der Waals surface area contributed by atoms with E-state index in [4.69, 9.17) is 0 Å². The molecular formula is C14H18BrClN4O. The maximum absolute atomic E-state index is 12.2. The van der Waals surface area contributed by atoms with Crippen LogP contribution in [0.1, 0.15) is 19.8 Å². The summed E-state index contributed by atoms with van der Waals surface area (Å²) in [7, 11) is 0. The zero-order valence-corrected chi connectivity index (χ0v) is 14.1. The predicted octanol–water partition coefficient (Wildman–Crippen LogP) is 2.93. The van der Waals surface area contributed by atoms with Gasteiger partial charge in [0.1, 0.15) is 0 Å². The number of carbonyl (C=O) groups excluding carboxylic acids is 1. The number of aryl methyl sites for hydroxylation is 1. The smallest absolute Gasteiger partial charge is 0.243 e. The van der Waals surface area contributed by atoms with Crippen LogP contribution in [0.3, 0.4) is 0 Å². The van der Waals surface area contributed by atoms with Gasteiger partial charge in [0.15, 0.2) is 0 Å². The molecule has 1 unspecified atom stereocenters. The fourth-order valence-corrected chi connectivity index (χ4v) is 2.97.